The molecule has 2 aromatic carbocycles. The minimum absolute atomic E-state index is 0.356. The Bertz CT molecular complexity index is 733. The first-order chi connectivity index (χ1) is 13.7. The van der Waals surface area contributed by atoms with Gasteiger partial charge in [0.1, 0.15) is 11.5 Å². The van der Waals surface area contributed by atoms with E-state index in [9.17, 15) is 0 Å². The smallest absolute Gasteiger partial charge is 0.127 e. The van der Waals surface area contributed by atoms with E-state index in [1.165, 1.54) is 18.4 Å². The molecule has 2 aliphatic rings. The fraction of sp³-hybridized carbons (Fsp3) is 0.500. The molecule has 4 rings (SSSR count). The van der Waals surface area contributed by atoms with Crippen molar-refractivity contribution in [3.8, 4) is 11.5 Å². The van der Waals surface area contributed by atoms with Crippen molar-refractivity contribution in [1.82, 2.24) is 9.80 Å². The van der Waals surface area contributed by atoms with Gasteiger partial charge in [0.05, 0.1) is 12.2 Å². The quantitative estimate of drug-likeness (QED) is 0.760. The number of morpholine rings is 1. The summed E-state index contributed by atoms with van der Waals surface area (Å²) in [7, 11) is 0. The number of hydrogen-bond donors (Lipinski definition) is 0. The topological polar surface area (TPSA) is 24.9 Å². The maximum Gasteiger partial charge on any atom is 0.127 e. The zero-order chi connectivity index (χ0) is 19.3. The predicted octanol–water partition coefficient (Wildman–Crippen LogP) is 4.55. The van der Waals surface area contributed by atoms with Gasteiger partial charge in [0.25, 0.3) is 0 Å². The van der Waals surface area contributed by atoms with Gasteiger partial charge >= 0.3 is 0 Å². The number of hydrogen-bond acceptors (Lipinski definition) is 4. The summed E-state index contributed by atoms with van der Waals surface area (Å²) in [6.45, 7) is 9.87. The van der Waals surface area contributed by atoms with Crippen LogP contribution in [0.1, 0.15) is 32.3 Å². The molecule has 4 nitrogen and oxygen atoms in total. The predicted molar refractivity (Wildman–Crippen MR) is 113 cm³/mol. The first-order valence-corrected chi connectivity index (χ1v) is 10.6. The van der Waals surface area contributed by atoms with E-state index in [1.807, 2.05) is 36.4 Å². The molecule has 0 aliphatic carbocycles. The lowest BCUT2D eigenvalue weighted by Crippen LogP contribution is -2.53. The molecule has 2 saturated heterocycles. The molecule has 2 aromatic rings. The van der Waals surface area contributed by atoms with Crippen molar-refractivity contribution in [2.24, 2.45) is 0 Å². The Morgan fingerprint density at radius 3 is 2.29 bits per heavy atom. The van der Waals surface area contributed by atoms with Crippen LogP contribution in [-0.2, 0) is 11.3 Å². The second-order valence-corrected chi connectivity index (χ2v) is 8.28. The molecule has 4 heteroatoms. The molecular formula is C24H32N2O2. The summed E-state index contributed by atoms with van der Waals surface area (Å²) >= 11 is 0. The average molecular weight is 381 g/mol. The highest BCUT2D eigenvalue weighted by Gasteiger charge is 2.30. The van der Waals surface area contributed by atoms with Gasteiger partial charge in [-0.3, -0.25) is 9.80 Å². The number of benzene rings is 2. The number of piperidine rings is 1. The van der Waals surface area contributed by atoms with Crippen LogP contribution in [0, 0.1) is 0 Å². The molecule has 28 heavy (non-hydrogen) atoms. The van der Waals surface area contributed by atoms with Crippen molar-refractivity contribution in [2.75, 3.05) is 26.2 Å². The van der Waals surface area contributed by atoms with Crippen LogP contribution in [0.4, 0.5) is 0 Å². The van der Waals surface area contributed by atoms with Crippen molar-refractivity contribution in [1.29, 1.82) is 0 Å². The molecule has 2 atom stereocenters. The van der Waals surface area contributed by atoms with E-state index in [-0.39, 0.29) is 0 Å². The van der Waals surface area contributed by atoms with E-state index in [0.717, 1.165) is 44.2 Å². The number of likely N-dealkylation sites (tertiary alicyclic amines) is 1. The highest BCUT2D eigenvalue weighted by Crippen LogP contribution is 2.25. The third kappa shape index (κ3) is 5.13. The summed E-state index contributed by atoms with van der Waals surface area (Å²) in [5, 5.41) is 0. The molecule has 0 aromatic heterocycles. The van der Waals surface area contributed by atoms with Gasteiger partial charge in [0, 0.05) is 25.7 Å². The highest BCUT2D eigenvalue weighted by atomic mass is 16.5. The first kappa shape index (κ1) is 19.4. The summed E-state index contributed by atoms with van der Waals surface area (Å²) in [6.07, 6.45) is 3.21. The van der Waals surface area contributed by atoms with Gasteiger partial charge in [-0.15, -0.1) is 0 Å². The largest absolute Gasteiger partial charge is 0.457 e. The van der Waals surface area contributed by atoms with Crippen molar-refractivity contribution in [3.63, 3.8) is 0 Å². The molecule has 0 unspecified atom stereocenters. The van der Waals surface area contributed by atoms with Crippen LogP contribution >= 0.6 is 0 Å². The van der Waals surface area contributed by atoms with Gasteiger partial charge in [-0.05, 0) is 69.6 Å². The third-order valence-corrected chi connectivity index (χ3v) is 5.80. The van der Waals surface area contributed by atoms with Crippen LogP contribution in [0.2, 0.25) is 0 Å². The molecule has 0 radical (unpaired) electrons. The van der Waals surface area contributed by atoms with Crippen molar-refractivity contribution in [2.45, 2.75) is 51.5 Å². The van der Waals surface area contributed by atoms with E-state index >= 15 is 0 Å². The van der Waals surface area contributed by atoms with Gasteiger partial charge in [0.15, 0.2) is 0 Å². The van der Waals surface area contributed by atoms with Crippen LogP contribution in [0.3, 0.4) is 0 Å². The van der Waals surface area contributed by atoms with Crippen LogP contribution < -0.4 is 4.74 Å². The van der Waals surface area contributed by atoms with Gasteiger partial charge in [-0.1, -0.05) is 30.3 Å². The molecule has 2 aliphatic heterocycles. The number of nitrogens with zero attached hydrogens (tertiary/aromatic N) is 2. The lowest BCUT2D eigenvalue weighted by molar-refractivity contribution is -0.0865. The lowest BCUT2D eigenvalue weighted by atomic mass is 10.0. The lowest BCUT2D eigenvalue weighted by Gasteiger charge is -2.43. The zero-order valence-corrected chi connectivity index (χ0v) is 17.1. The van der Waals surface area contributed by atoms with Gasteiger partial charge in [0.2, 0.25) is 0 Å². The first-order valence-electron chi connectivity index (χ1n) is 10.6. The highest BCUT2D eigenvalue weighted by molar-refractivity contribution is 5.33. The Hall–Kier alpha value is -1.88. The number of rotatable bonds is 5. The van der Waals surface area contributed by atoms with Crippen molar-refractivity contribution < 1.29 is 9.47 Å². The summed E-state index contributed by atoms with van der Waals surface area (Å²) < 4.78 is 11.9. The fourth-order valence-corrected chi connectivity index (χ4v) is 4.55. The molecule has 150 valence electrons. The summed E-state index contributed by atoms with van der Waals surface area (Å²) in [5.74, 6) is 1.80. The van der Waals surface area contributed by atoms with Gasteiger partial charge in [-0.2, -0.15) is 0 Å². The summed E-state index contributed by atoms with van der Waals surface area (Å²) in [5.41, 5.74) is 1.32. The van der Waals surface area contributed by atoms with Crippen LogP contribution in [0.25, 0.3) is 0 Å². The third-order valence-electron chi connectivity index (χ3n) is 5.80. The minimum Gasteiger partial charge on any atom is -0.457 e. The SMILES string of the molecule is C[C@@H]1CN(C2CCN(Cc3cccc(Oc4ccccc4)c3)CC2)C[C@@H](C)O1. The minimum atomic E-state index is 0.356. The Morgan fingerprint density at radius 1 is 0.893 bits per heavy atom. The van der Waals surface area contributed by atoms with Gasteiger partial charge in [-0.25, -0.2) is 0 Å². The van der Waals surface area contributed by atoms with Gasteiger partial charge < -0.3 is 9.47 Å². The van der Waals surface area contributed by atoms with Crippen LogP contribution in [0.15, 0.2) is 54.6 Å². The molecule has 2 fully saturated rings. The standard InChI is InChI=1S/C24H32N2O2/c1-19-16-26(17-20(2)27-19)22-11-13-25(14-12-22)18-21-7-6-10-24(15-21)28-23-8-4-3-5-9-23/h3-10,15,19-20,22H,11-14,16-18H2,1-2H3/t19-,20-/m1/s1. The van der Waals surface area contributed by atoms with Crippen molar-refractivity contribution in [3.05, 3.63) is 60.2 Å². The maximum atomic E-state index is 5.99. The molecule has 0 bridgehead atoms. The van der Waals surface area contributed by atoms with E-state index < -0.39 is 0 Å². The summed E-state index contributed by atoms with van der Waals surface area (Å²) in [6, 6.07) is 19.2. The molecule has 0 N–H and O–H groups in total. The Labute approximate surface area is 169 Å². The maximum absolute atomic E-state index is 5.99. The Morgan fingerprint density at radius 2 is 1.57 bits per heavy atom. The fourth-order valence-electron chi connectivity index (χ4n) is 4.55. The molecule has 0 saturated carbocycles. The Balaban J connectivity index is 1.29. The monoisotopic (exact) mass is 380 g/mol. The van der Waals surface area contributed by atoms with E-state index in [1.54, 1.807) is 0 Å². The summed E-state index contributed by atoms with van der Waals surface area (Å²) in [4.78, 5) is 5.23. The van der Waals surface area contributed by atoms with E-state index in [2.05, 4.69) is 41.8 Å². The Kier molecular flexibility index (Phi) is 6.30. The van der Waals surface area contributed by atoms with Crippen molar-refractivity contribution >= 4 is 0 Å². The molecule has 0 spiro atoms. The molecule has 0 amide bonds. The normalized spacial score (nSPS) is 24.9. The zero-order valence-electron chi connectivity index (χ0n) is 17.1. The van der Waals surface area contributed by atoms with E-state index in [0.29, 0.717) is 18.2 Å². The second kappa shape index (κ2) is 9.08. The average Bonchev–Trinajstić information content (AvgIpc) is 2.69. The van der Waals surface area contributed by atoms with E-state index in [4.69, 9.17) is 9.47 Å². The number of para-hydroxylation sites is 1. The van der Waals surface area contributed by atoms with Crippen LogP contribution in [-0.4, -0.2) is 54.2 Å². The number of ether oxygens (including phenoxy) is 2. The van der Waals surface area contributed by atoms with Crippen LogP contribution in [0.5, 0.6) is 11.5 Å². The second-order valence-electron chi connectivity index (χ2n) is 8.28. The molecular weight excluding hydrogens is 348 g/mol. The molecule has 2 heterocycles.